The Kier molecular flexibility index (Phi) is 7.39. The first-order valence-corrected chi connectivity index (χ1v) is 12.3. The quantitative estimate of drug-likeness (QED) is 0.523. The summed E-state index contributed by atoms with van der Waals surface area (Å²) in [6, 6.07) is 13.6. The van der Waals surface area contributed by atoms with Gasteiger partial charge in [-0.2, -0.15) is 0 Å². The number of hydrogen-bond acceptors (Lipinski definition) is 5. The van der Waals surface area contributed by atoms with Crippen LogP contribution in [0.25, 0.3) is 0 Å². The van der Waals surface area contributed by atoms with E-state index in [4.69, 9.17) is 9.47 Å². The number of likely N-dealkylation sites (tertiary alicyclic amines) is 1. The Balaban J connectivity index is 1.46. The zero-order valence-electron chi connectivity index (χ0n) is 20.4. The fourth-order valence-corrected chi connectivity index (χ4v) is 4.77. The molecule has 1 aliphatic heterocycles. The minimum atomic E-state index is -0.571. The molecule has 2 aromatic rings. The van der Waals surface area contributed by atoms with Crippen molar-refractivity contribution in [1.29, 1.82) is 0 Å². The molecule has 7 heteroatoms. The second-order valence-corrected chi connectivity index (χ2v) is 10.1. The maximum absolute atomic E-state index is 13.0. The number of benzene rings is 1. The van der Waals surface area contributed by atoms with Crippen LogP contribution in [0.4, 0.5) is 15.4 Å². The van der Waals surface area contributed by atoms with E-state index in [1.54, 1.807) is 16.0 Å². The normalized spacial score (nSPS) is 18.7. The molecule has 0 unspecified atom stereocenters. The number of amides is 2. The molecule has 7 nitrogen and oxygen atoms in total. The monoisotopic (exact) mass is 465 g/mol. The molecule has 34 heavy (non-hydrogen) atoms. The van der Waals surface area contributed by atoms with Gasteiger partial charge in [0.25, 0.3) is 0 Å². The minimum absolute atomic E-state index is 0.0775. The summed E-state index contributed by atoms with van der Waals surface area (Å²) in [5.41, 5.74) is 1.35. The van der Waals surface area contributed by atoms with Gasteiger partial charge in [-0.25, -0.2) is 14.6 Å². The Hall–Kier alpha value is -3.09. The van der Waals surface area contributed by atoms with Crippen molar-refractivity contribution < 1.29 is 19.1 Å². The average Bonchev–Trinajstić information content (AvgIpc) is 3.50. The molecule has 2 fully saturated rings. The number of carbonyl (C=O) groups is 2. The molecule has 1 aromatic carbocycles. The molecule has 0 N–H and O–H groups in total. The summed E-state index contributed by atoms with van der Waals surface area (Å²) in [5, 5.41) is 0. The van der Waals surface area contributed by atoms with Gasteiger partial charge in [0.2, 0.25) is 0 Å². The second kappa shape index (κ2) is 10.5. The number of ether oxygens (including phenoxy) is 2. The number of aromatic nitrogens is 1. The van der Waals surface area contributed by atoms with Crippen molar-refractivity contribution in [1.82, 2.24) is 9.88 Å². The first-order chi connectivity index (χ1) is 16.3. The van der Waals surface area contributed by atoms with Gasteiger partial charge in [-0.05, 0) is 63.6 Å². The predicted octanol–water partition coefficient (Wildman–Crippen LogP) is 6.24. The lowest BCUT2D eigenvalue weighted by atomic mass is 10.1. The van der Waals surface area contributed by atoms with Crippen LogP contribution in [0, 0.1) is 0 Å². The SMILES string of the molecule is CC(C)(C)OC(=O)N(c1ccc([C@H]2CCCN2C(=O)OCc2ccccc2)cn1)C1CCCC1. The fraction of sp³-hybridized carbons (Fsp3) is 0.519. The maximum Gasteiger partial charge on any atom is 0.416 e. The van der Waals surface area contributed by atoms with E-state index >= 15 is 0 Å². The van der Waals surface area contributed by atoms with Gasteiger partial charge < -0.3 is 14.4 Å². The summed E-state index contributed by atoms with van der Waals surface area (Å²) in [5.74, 6) is 0.598. The third-order valence-electron chi connectivity index (χ3n) is 6.37. The van der Waals surface area contributed by atoms with Crippen molar-refractivity contribution in [3.05, 3.63) is 59.8 Å². The lowest BCUT2D eigenvalue weighted by molar-refractivity contribution is 0.0564. The van der Waals surface area contributed by atoms with E-state index in [0.717, 1.165) is 49.7 Å². The number of pyridine rings is 1. The summed E-state index contributed by atoms with van der Waals surface area (Å²) in [6.45, 7) is 6.54. The van der Waals surface area contributed by atoms with Gasteiger partial charge in [0.15, 0.2) is 0 Å². The van der Waals surface area contributed by atoms with Crippen LogP contribution in [-0.2, 0) is 16.1 Å². The number of anilines is 1. The molecule has 1 saturated carbocycles. The van der Waals surface area contributed by atoms with Crippen LogP contribution >= 0.6 is 0 Å². The van der Waals surface area contributed by atoms with Gasteiger partial charge >= 0.3 is 12.2 Å². The first-order valence-electron chi connectivity index (χ1n) is 12.3. The molecule has 2 heterocycles. The third kappa shape index (κ3) is 5.88. The van der Waals surface area contributed by atoms with E-state index < -0.39 is 5.60 Å². The topological polar surface area (TPSA) is 72.0 Å². The highest BCUT2D eigenvalue weighted by molar-refractivity contribution is 5.87. The molecular formula is C27H35N3O4. The van der Waals surface area contributed by atoms with E-state index in [2.05, 4.69) is 4.98 Å². The molecule has 1 atom stereocenters. The molecule has 182 valence electrons. The van der Waals surface area contributed by atoms with Crippen molar-refractivity contribution in [2.75, 3.05) is 11.4 Å². The summed E-state index contributed by atoms with van der Waals surface area (Å²) in [7, 11) is 0. The molecule has 2 amide bonds. The number of nitrogens with zero attached hydrogens (tertiary/aromatic N) is 3. The van der Waals surface area contributed by atoms with Crippen molar-refractivity contribution in [3.63, 3.8) is 0 Å². The zero-order chi connectivity index (χ0) is 24.1. The van der Waals surface area contributed by atoms with Crippen LogP contribution in [0.5, 0.6) is 0 Å². The van der Waals surface area contributed by atoms with Crippen LogP contribution in [0.1, 0.15) is 76.5 Å². The Morgan fingerprint density at radius 1 is 1.03 bits per heavy atom. The molecule has 0 spiro atoms. The Bertz CT molecular complexity index is 966. The number of carbonyl (C=O) groups excluding carboxylic acids is 2. The van der Waals surface area contributed by atoms with E-state index in [-0.39, 0.29) is 30.9 Å². The van der Waals surface area contributed by atoms with Crippen molar-refractivity contribution in [2.45, 2.75) is 83.6 Å². The third-order valence-corrected chi connectivity index (χ3v) is 6.37. The second-order valence-electron chi connectivity index (χ2n) is 10.1. The molecule has 2 aliphatic rings. The average molecular weight is 466 g/mol. The van der Waals surface area contributed by atoms with E-state index in [1.807, 2.05) is 63.2 Å². The minimum Gasteiger partial charge on any atom is -0.445 e. The highest BCUT2D eigenvalue weighted by atomic mass is 16.6. The van der Waals surface area contributed by atoms with Crippen molar-refractivity contribution in [2.24, 2.45) is 0 Å². The lowest BCUT2D eigenvalue weighted by Gasteiger charge is -2.31. The maximum atomic E-state index is 13.0. The van der Waals surface area contributed by atoms with Crippen LogP contribution < -0.4 is 4.90 Å². The van der Waals surface area contributed by atoms with Crippen molar-refractivity contribution in [3.8, 4) is 0 Å². The molecule has 1 aromatic heterocycles. The van der Waals surface area contributed by atoms with Crippen LogP contribution in [0.2, 0.25) is 0 Å². The summed E-state index contributed by atoms with van der Waals surface area (Å²) in [4.78, 5) is 33.9. The van der Waals surface area contributed by atoms with E-state index in [0.29, 0.717) is 12.4 Å². The van der Waals surface area contributed by atoms with Gasteiger partial charge in [-0.15, -0.1) is 0 Å². The molecule has 0 bridgehead atoms. The predicted molar refractivity (Wildman–Crippen MR) is 131 cm³/mol. The standard InChI is InChI=1S/C27H35N3O4/c1-27(2,3)34-26(32)30(22-12-7-8-13-22)24-16-15-21(18-28-24)23-14-9-17-29(23)25(31)33-19-20-10-5-4-6-11-20/h4-6,10-11,15-16,18,22-23H,7-9,12-14,17,19H2,1-3H3/t23-/m1/s1. The first kappa shape index (κ1) is 24.0. The highest BCUT2D eigenvalue weighted by Gasteiger charge is 2.34. The fourth-order valence-electron chi connectivity index (χ4n) is 4.77. The highest BCUT2D eigenvalue weighted by Crippen LogP contribution is 2.34. The number of rotatable bonds is 5. The molecule has 1 aliphatic carbocycles. The molecule has 1 saturated heterocycles. The van der Waals surface area contributed by atoms with Crippen LogP contribution in [0.15, 0.2) is 48.7 Å². The van der Waals surface area contributed by atoms with Crippen LogP contribution in [-0.4, -0.2) is 40.3 Å². The van der Waals surface area contributed by atoms with E-state index in [1.165, 1.54) is 0 Å². The summed E-state index contributed by atoms with van der Waals surface area (Å²) < 4.78 is 11.3. The summed E-state index contributed by atoms with van der Waals surface area (Å²) >= 11 is 0. The number of hydrogen-bond donors (Lipinski definition) is 0. The largest absolute Gasteiger partial charge is 0.445 e. The lowest BCUT2D eigenvalue weighted by Crippen LogP contribution is -2.43. The van der Waals surface area contributed by atoms with E-state index in [9.17, 15) is 9.59 Å². The smallest absolute Gasteiger partial charge is 0.416 e. The van der Waals surface area contributed by atoms with Crippen LogP contribution in [0.3, 0.4) is 0 Å². The van der Waals surface area contributed by atoms with Gasteiger partial charge in [0.05, 0.1) is 6.04 Å². The van der Waals surface area contributed by atoms with Gasteiger partial charge in [-0.1, -0.05) is 49.2 Å². The van der Waals surface area contributed by atoms with Gasteiger partial charge in [0.1, 0.15) is 18.0 Å². The Morgan fingerprint density at radius 3 is 2.41 bits per heavy atom. The molecular weight excluding hydrogens is 430 g/mol. The van der Waals surface area contributed by atoms with Gasteiger partial charge in [-0.3, -0.25) is 4.90 Å². The Labute approximate surface area is 202 Å². The zero-order valence-corrected chi connectivity index (χ0v) is 20.4. The summed E-state index contributed by atoms with van der Waals surface area (Å²) in [6.07, 6.45) is 7.00. The van der Waals surface area contributed by atoms with Gasteiger partial charge in [0, 0.05) is 18.8 Å². The Morgan fingerprint density at radius 2 is 1.76 bits per heavy atom. The molecule has 0 radical (unpaired) electrons. The molecule has 4 rings (SSSR count). The van der Waals surface area contributed by atoms with Crippen molar-refractivity contribution >= 4 is 18.0 Å².